The Labute approximate surface area is 118 Å². The van der Waals surface area contributed by atoms with Gasteiger partial charge in [-0.25, -0.2) is 9.18 Å². The molecule has 1 rings (SSSR count). The number of methoxy groups -OCH3 is 1. The molecule has 0 heterocycles. The summed E-state index contributed by atoms with van der Waals surface area (Å²) in [5, 5.41) is 14.3. The van der Waals surface area contributed by atoms with Crippen LogP contribution in [0.25, 0.3) is 0 Å². The SMILES string of the molecule is CCC(C)(CCO)NC(=O)Nc1cc(F)cc(OC)c1. The van der Waals surface area contributed by atoms with E-state index in [4.69, 9.17) is 9.84 Å². The van der Waals surface area contributed by atoms with Crippen LogP contribution in [0.15, 0.2) is 18.2 Å². The lowest BCUT2D eigenvalue weighted by atomic mass is 9.95. The average molecular weight is 284 g/mol. The van der Waals surface area contributed by atoms with Gasteiger partial charge < -0.3 is 20.5 Å². The van der Waals surface area contributed by atoms with Crippen molar-refractivity contribution < 1.29 is 19.0 Å². The molecule has 0 aliphatic carbocycles. The number of benzene rings is 1. The summed E-state index contributed by atoms with van der Waals surface area (Å²) in [4.78, 5) is 11.9. The van der Waals surface area contributed by atoms with Crippen LogP contribution in [0.2, 0.25) is 0 Å². The number of urea groups is 1. The first-order valence-corrected chi connectivity index (χ1v) is 6.47. The normalized spacial score (nSPS) is 13.4. The standard InChI is InChI=1S/C14H21FN2O3/c1-4-14(2,5-6-18)17-13(19)16-11-7-10(15)8-12(9-11)20-3/h7-9,18H,4-6H2,1-3H3,(H2,16,17,19). The molecule has 1 unspecified atom stereocenters. The highest BCUT2D eigenvalue weighted by atomic mass is 19.1. The van der Waals surface area contributed by atoms with Crippen molar-refractivity contribution in [3.63, 3.8) is 0 Å². The fourth-order valence-corrected chi connectivity index (χ4v) is 1.76. The monoisotopic (exact) mass is 284 g/mol. The van der Waals surface area contributed by atoms with Gasteiger partial charge in [0.1, 0.15) is 11.6 Å². The Bertz CT molecular complexity index is 468. The van der Waals surface area contributed by atoms with Crippen molar-refractivity contribution in [1.82, 2.24) is 5.32 Å². The zero-order valence-corrected chi connectivity index (χ0v) is 12.0. The van der Waals surface area contributed by atoms with Crippen LogP contribution in [-0.2, 0) is 0 Å². The maximum Gasteiger partial charge on any atom is 0.319 e. The average Bonchev–Trinajstić information content (AvgIpc) is 2.37. The zero-order chi connectivity index (χ0) is 15.2. The number of hydrogen-bond acceptors (Lipinski definition) is 3. The van der Waals surface area contributed by atoms with E-state index in [0.717, 1.165) is 0 Å². The second kappa shape index (κ2) is 7.09. The largest absolute Gasteiger partial charge is 0.497 e. The van der Waals surface area contributed by atoms with E-state index in [9.17, 15) is 9.18 Å². The number of anilines is 1. The third-order valence-corrected chi connectivity index (χ3v) is 3.22. The van der Waals surface area contributed by atoms with Crippen LogP contribution in [0.3, 0.4) is 0 Å². The maximum atomic E-state index is 13.3. The highest BCUT2D eigenvalue weighted by molar-refractivity contribution is 5.90. The van der Waals surface area contributed by atoms with Crippen molar-refractivity contribution in [1.29, 1.82) is 0 Å². The van der Waals surface area contributed by atoms with Crippen LogP contribution < -0.4 is 15.4 Å². The minimum absolute atomic E-state index is 0.0155. The van der Waals surface area contributed by atoms with Crippen LogP contribution in [0.4, 0.5) is 14.9 Å². The van der Waals surface area contributed by atoms with E-state index in [-0.39, 0.29) is 6.61 Å². The molecule has 0 saturated carbocycles. The minimum atomic E-state index is -0.504. The Balaban J connectivity index is 2.73. The number of hydrogen-bond donors (Lipinski definition) is 3. The number of ether oxygens (including phenoxy) is 1. The van der Waals surface area contributed by atoms with E-state index in [0.29, 0.717) is 24.3 Å². The Morgan fingerprint density at radius 1 is 1.45 bits per heavy atom. The highest BCUT2D eigenvalue weighted by Gasteiger charge is 2.23. The molecule has 1 atom stereocenters. The molecular formula is C14H21FN2O3. The molecule has 0 fully saturated rings. The van der Waals surface area contributed by atoms with Crippen LogP contribution in [-0.4, -0.2) is 30.4 Å². The summed E-state index contributed by atoms with van der Waals surface area (Å²) in [6.45, 7) is 3.74. The first-order chi connectivity index (χ1) is 9.42. The summed E-state index contributed by atoms with van der Waals surface area (Å²) in [6, 6.07) is 3.51. The van der Waals surface area contributed by atoms with Gasteiger partial charge in [0.05, 0.1) is 7.11 Å². The molecule has 1 aromatic carbocycles. The molecule has 0 aliphatic rings. The second-order valence-electron chi connectivity index (χ2n) is 4.85. The maximum absolute atomic E-state index is 13.3. The molecule has 2 amide bonds. The molecule has 0 aromatic heterocycles. The predicted molar refractivity (Wildman–Crippen MR) is 75.5 cm³/mol. The van der Waals surface area contributed by atoms with Crippen LogP contribution in [0.5, 0.6) is 5.75 Å². The number of halogens is 1. The van der Waals surface area contributed by atoms with Gasteiger partial charge in [0, 0.05) is 30.0 Å². The van der Waals surface area contributed by atoms with Crippen molar-refractivity contribution in [3.8, 4) is 5.75 Å². The molecule has 5 nitrogen and oxygen atoms in total. The Kier molecular flexibility index (Phi) is 5.76. The third kappa shape index (κ3) is 4.70. The molecule has 6 heteroatoms. The van der Waals surface area contributed by atoms with E-state index in [2.05, 4.69) is 10.6 Å². The number of aliphatic hydroxyl groups is 1. The van der Waals surface area contributed by atoms with E-state index in [1.54, 1.807) is 0 Å². The fourth-order valence-electron chi connectivity index (χ4n) is 1.76. The summed E-state index contributed by atoms with van der Waals surface area (Å²) < 4.78 is 18.2. The van der Waals surface area contributed by atoms with Gasteiger partial charge in [0.2, 0.25) is 0 Å². The lowest BCUT2D eigenvalue weighted by Crippen LogP contribution is -2.48. The van der Waals surface area contributed by atoms with E-state index in [1.807, 2.05) is 13.8 Å². The quantitative estimate of drug-likeness (QED) is 0.751. The first kappa shape index (κ1) is 16.2. The van der Waals surface area contributed by atoms with Crippen molar-refractivity contribution in [2.24, 2.45) is 0 Å². The van der Waals surface area contributed by atoms with E-state index in [1.165, 1.54) is 25.3 Å². The van der Waals surface area contributed by atoms with E-state index >= 15 is 0 Å². The van der Waals surface area contributed by atoms with Crippen molar-refractivity contribution >= 4 is 11.7 Å². The minimum Gasteiger partial charge on any atom is -0.497 e. The summed E-state index contributed by atoms with van der Waals surface area (Å²) >= 11 is 0. The summed E-state index contributed by atoms with van der Waals surface area (Å²) in [7, 11) is 1.42. The van der Waals surface area contributed by atoms with Gasteiger partial charge in [-0.15, -0.1) is 0 Å². The first-order valence-electron chi connectivity index (χ1n) is 6.47. The third-order valence-electron chi connectivity index (χ3n) is 3.22. The highest BCUT2D eigenvalue weighted by Crippen LogP contribution is 2.20. The number of nitrogens with one attached hydrogen (secondary N) is 2. The van der Waals surface area contributed by atoms with Crippen LogP contribution in [0, 0.1) is 5.82 Å². The van der Waals surface area contributed by atoms with Gasteiger partial charge in [-0.05, 0) is 25.8 Å². The topological polar surface area (TPSA) is 70.6 Å². The molecule has 1 aromatic rings. The van der Waals surface area contributed by atoms with Crippen molar-refractivity contribution in [3.05, 3.63) is 24.0 Å². The summed E-state index contributed by atoms with van der Waals surface area (Å²) in [5.74, 6) is -0.165. The Morgan fingerprint density at radius 3 is 2.70 bits per heavy atom. The zero-order valence-electron chi connectivity index (χ0n) is 12.0. The number of carbonyl (C=O) groups excluding carboxylic acids is 1. The van der Waals surface area contributed by atoms with Crippen molar-refractivity contribution in [2.75, 3.05) is 19.0 Å². The number of aliphatic hydroxyl groups excluding tert-OH is 1. The molecule has 0 spiro atoms. The summed E-state index contributed by atoms with van der Waals surface area (Å²) in [5.41, 5.74) is -0.197. The van der Waals surface area contributed by atoms with Crippen LogP contribution in [0.1, 0.15) is 26.7 Å². The van der Waals surface area contributed by atoms with Gasteiger partial charge in [-0.1, -0.05) is 6.92 Å². The molecule has 3 N–H and O–H groups in total. The molecule has 0 radical (unpaired) electrons. The van der Waals surface area contributed by atoms with Gasteiger partial charge in [0.25, 0.3) is 0 Å². The van der Waals surface area contributed by atoms with Crippen LogP contribution >= 0.6 is 0 Å². The molecule has 20 heavy (non-hydrogen) atoms. The molecule has 112 valence electrons. The van der Waals surface area contributed by atoms with Crippen molar-refractivity contribution in [2.45, 2.75) is 32.2 Å². The lowest BCUT2D eigenvalue weighted by molar-refractivity contribution is 0.208. The van der Waals surface area contributed by atoms with Gasteiger partial charge in [0.15, 0.2) is 0 Å². The van der Waals surface area contributed by atoms with Gasteiger partial charge in [-0.3, -0.25) is 0 Å². The van der Waals surface area contributed by atoms with E-state index < -0.39 is 17.4 Å². The number of carbonyl (C=O) groups is 1. The van der Waals surface area contributed by atoms with Gasteiger partial charge in [-0.2, -0.15) is 0 Å². The fraction of sp³-hybridized carbons (Fsp3) is 0.500. The molecular weight excluding hydrogens is 263 g/mol. The van der Waals surface area contributed by atoms with Gasteiger partial charge >= 0.3 is 6.03 Å². The Hall–Kier alpha value is -1.82. The summed E-state index contributed by atoms with van der Waals surface area (Å²) in [6.07, 6.45) is 1.12. The number of rotatable bonds is 6. The lowest BCUT2D eigenvalue weighted by Gasteiger charge is -2.29. The second-order valence-corrected chi connectivity index (χ2v) is 4.85. The molecule has 0 aliphatic heterocycles. The predicted octanol–water partition coefficient (Wildman–Crippen LogP) is 2.51. The Morgan fingerprint density at radius 2 is 2.15 bits per heavy atom. The number of amides is 2. The smallest absolute Gasteiger partial charge is 0.319 e. The molecule has 0 saturated heterocycles. The molecule has 0 bridgehead atoms.